The highest BCUT2D eigenvalue weighted by Gasteiger charge is 2.42. The molecule has 6 rings (SSSR count). The highest BCUT2D eigenvalue weighted by Crippen LogP contribution is 2.26. The molecule has 8 amide bonds. The lowest BCUT2D eigenvalue weighted by atomic mass is 9.90. The molecule has 4 heterocycles. The topological polar surface area (TPSA) is 412 Å². The quantitative estimate of drug-likeness (QED) is 0.0171. The summed E-state index contributed by atoms with van der Waals surface area (Å²) in [6.07, 6.45) is 3.77. The summed E-state index contributed by atoms with van der Waals surface area (Å²) in [5.41, 5.74) is 34.3. The van der Waals surface area contributed by atoms with Crippen LogP contribution in [0, 0.1) is 0 Å². The molecule has 1 saturated heterocycles. The van der Waals surface area contributed by atoms with Gasteiger partial charge in [-0.05, 0) is 80.2 Å². The molecule has 5 aromatic rings. The average Bonchev–Trinajstić information content (AvgIpc) is 4.21. The number of carbonyl (C=O) groups excluding carboxylic acids is 8. The normalized spacial score (nSPS) is 15.6. The van der Waals surface area contributed by atoms with Gasteiger partial charge in [0.2, 0.25) is 47.3 Å². The summed E-state index contributed by atoms with van der Waals surface area (Å²) in [6, 6.07) is 12.1. The summed E-state index contributed by atoms with van der Waals surface area (Å²) in [5, 5.41) is 17.3. The van der Waals surface area contributed by atoms with Crippen molar-refractivity contribution in [1.82, 2.24) is 41.5 Å². The summed E-state index contributed by atoms with van der Waals surface area (Å²) in [7, 11) is 0. The predicted octanol–water partition coefficient (Wildman–Crippen LogP) is -0.988. The van der Waals surface area contributed by atoms with Gasteiger partial charge in [-0.2, -0.15) is 0 Å². The summed E-state index contributed by atoms with van der Waals surface area (Å²) in [6.45, 7) is 1.85. The largest absolute Gasteiger partial charge is 0.370 e. The van der Waals surface area contributed by atoms with Crippen molar-refractivity contribution in [1.29, 1.82) is 0 Å². The highest BCUT2D eigenvalue weighted by molar-refractivity contribution is 7.10. The molecule has 0 radical (unpaired) electrons. The van der Waals surface area contributed by atoms with Crippen LogP contribution in [0.2, 0.25) is 0 Å². The second-order valence-corrected chi connectivity index (χ2v) is 19.6. The van der Waals surface area contributed by atoms with Crippen molar-refractivity contribution in [3.63, 3.8) is 0 Å². The Morgan fingerprint density at radius 3 is 1.91 bits per heavy atom. The Bertz CT molecular complexity index is 2910. The van der Waals surface area contributed by atoms with Crippen molar-refractivity contribution in [3.8, 4) is 0 Å². The van der Waals surface area contributed by atoms with Crippen molar-refractivity contribution in [2.24, 2.45) is 44.4 Å². The lowest BCUT2D eigenvalue weighted by Gasteiger charge is -2.33. The third kappa shape index (κ3) is 15.5. The van der Waals surface area contributed by atoms with Crippen LogP contribution in [0.15, 0.2) is 88.4 Å². The van der Waals surface area contributed by atoms with Gasteiger partial charge in [0, 0.05) is 71.6 Å². The predicted molar refractivity (Wildman–Crippen MR) is 284 cm³/mol. The Hall–Kier alpha value is -8.48. The van der Waals surface area contributed by atoms with E-state index in [9.17, 15) is 33.6 Å². The first-order valence-corrected chi connectivity index (χ1v) is 25.3. The Balaban J connectivity index is 1.29. The first-order chi connectivity index (χ1) is 35.8. The van der Waals surface area contributed by atoms with Gasteiger partial charge in [0.05, 0.1) is 12.8 Å². The summed E-state index contributed by atoms with van der Waals surface area (Å²) in [4.78, 5) is 127. The van der Waals surface area contributed by atoms with Crippen molar-refractivity contribution < 1.29 is 38.4 Å². The van der Waals surface area contributed by atoms with Crippen LogP contribution < -0.4 is 61.0 Å². The second kappa shape index (κ2) is 26.0. The molecule has 1 aliphatic rings. The zero-order valence-corrected chi connectivity index (χ0v) is 42.4. The number of H-pyrrole nitrogens is 2. The van der Waals surface area contributed by atoms with E-state index in [0.717, 1.165) is 32.2 Å². The van der Waals surface area contributed by atoms with Crippen molar-refractivity contribution >= 4 is 92.3 Å². The molecule has 400 valence electrons. The number of amides is 8. The van der Waals surface area contributed by atoms with Crippen LogP contribution >= 0.6 is 11.3 Å². The number of aromatic amines is 2. The number of thiophene rings is 1. The lowest BCUT2D eigenvalue weighted by molar-refractivity contribution is -0.143. The molecule has 3 aromatic heterocycles. The lowest BCUT2D eigenvalue weighted by Crippen LogP contribution is -2.63. The maximum absolute atomic E-state index is 15.0. The van der Waals surface area contributed by atoms with E-state index in [4.69, 9.17) is 34.4 Å². The molecule has 25 heteroatoms. The number of hydrogen-bond donors (Lipinski definition) is 13. The van der Waals surface area contributed by atoms with E-state index in [-0.39, 0.29) is 82.9 Å². The van der Waals surface area contributed by atoms with Gasteiger partial charge in [-0.3, -0.25) is 48.3 Å². The van der Waals surface area contributed by atoms with Crippen LogP contribution in [-0.4, -0.2) is 129 Å². The number of aliphatic imine (C=N–C) groups is 2. The number of carbonyl (C=O) groups is 8. The highest BCUT2D eigenvalue weighted by atomic mass is 32.1. The monoisotopic (exact) mass is 1050 g/mol. The molecule has 1 fully saturated rings. The summed E-state index contributed by atoms with van der Waals surface area (Å²) in [5.74, 6) is -6.39. The van der Waals surface area contributed by atoms with E-state index in [1.54, 1.807) is 19.3 Å². The van der Waals surface area contributed by atoms with Crippen LogP contribution in [0.5, 0.6) is 0 Å². The van der Waals surface area contributed by atoms with Gasteiger partial charge in [-0.15, -0.1) is 11.3 Å². The Kier molecular flexibility index (Phi) is 19.3. The van der Waals surface area contributed by atoms with Gasteiger partial charge in [-0.25, -0.2) is 0 Å². The Morgan fingerprint density at radius 2 is 1.31 bits per heavy atom. The van der Waals surface area contributed by atoms with Gasteiger partial charge < -0.3 is 75.9 Å². The van der Waals surface area contributed by atoms with Gasteiger partial charge in [0.25, 0.3) is 0 Å². The molecule has 2 aromatic carbocycles. The number of fused-ring (bicyclic) bond motifs is 2. The Morgan fingerprint density at radius 1 is 0.720 bits per heavy atom. The molecule has 24 nitrogen and oxygen atoms in total. The third-order valence-corrected chi connectivity index (χ3v) is 13.7. The molecule has 0 unspecified atom stereocenters. The number of hydrogen-bond acceptors (Lipinski definition) is 11. The minimum absolute atomic E-state index is 0.00678. The van der Waals surface area contributed by atoms with E-state index in [0.29, 0.717) is 12.0 Å². The Labute approximate surface area is 436 Å². The average molecular weight is 1050 g/mol. The van der Waals surface area contributed by atoms with Crippen LogP contribution in [0.1, 0.15) is 67.9 Å². The number of likely N-dealkylation sites (tertiary alicyclic amines) is 1. The molecule has 0 aliphatic carbocycles. The van der Waals surface area contributed by atoms with Crippen LogP contribution in [0.3, 0.4) is 0 Å². The van der Waals surface area contributed by atoms with E-state index >= 15 is 4.79 Å². The molecule has 0 spiro atoms. The van der Waals surface area contributed by atoms with E-state index in [2.05, 4.69) is 46.5 Å². The van der Waals surface area contributed by atoms with Crippen LogP contribution in [0.4, 0.5) is 0 Å². The van der Waals surface area contributed by atoms with Crippen molar-refractivity contribution in [2.45, 2.75) is 107 Å². The number of rotatable bonds is 27. The molecular formula is C50H66N16O8S. The standard InChI is InChI=1S/C50H66N16O8S/c1-50(65-41(68)23-30-10-9-21-75-30,25-29-27-60-34-14-5-3-12-32(29)34)47(74)64-38(22-28-26-59-33-13-4-2-11-31(28)33)44(71)62-36(16-7-19-58-49(55)56)46(73)66-20-8-17-39(66)45(72)61-35(15-6-18-57-48(53)54)43(70)63-37(42(52)69)24-40(51)67/h2-5,9-14,21,26-27,35-39,59-60H,6-8,15-20,22-25H2,1H3,(H2,51,67)(H2,52,69)(H,61,72)(H,62,71)(H,63,70)(H,64,74)(H,65,68)(H4,53,54,57)(H4,55,56,58)/t35-,36-,37-,38-,39-,50-/m0/s1. The molecule has 0 bridgehead atoms. The van der Waals surface area contributed by atoms with E-state index < -0.39 is 89.4 Å². The number of benzene rings is 2. The van der Waals surface area contributed by atoms with E-state index in [1.807, 2.05) is 66.0 Å². The number of para-hydroxylation sites is 2. The van der Waals surface area contributed by atoms with E-state index in [1.165, 1.54) is 16.2 Å². The van der Waals surface area contributed by atoms with Gasteiger partial charge in [-0.1, -0.05) is 42.5 Å². The molecule has 1 aliphatic heterocycles. The molecule has 19 N–H and O–H groups in total. The maximum atomic E-state index is 15.0. The van der Waals surface area contributed by atoms with Gasteiger partial charge >= 0.3 is 0 Å². The fourth-order valence-corrected chi connectivity index (χ4v) is 9.79. The number of nitrogens with two attached hydrogens (primary N) is 6. The summed E-state index contributed by atoms with van der Waals surface area (Å²) < 4.78 is 0. The first-order valence-electron chi connectivity index (χ1n) is 24.5. The maximum Gasteiger partial charge on any atom is 0.246 e. The third-order valence-electron chi connectivity index (χ3n) is 12.8. The van der Waals surface area contributed by atoms with Gasteiger partial charge in [0.1, 0.15) is 35.7 Å². The van der Waals surface area contributed by atoms with Crippen molar-refractivity contribution in [3.05, 3.63) is 94.4 Å². The zero-order chi connectivity index (χ0) is 54.2. The SMILES string of the molecule is C[C@@](Cc1c[nH]c2ccccc12)(NC(=O)Cc1cccs1)C(=O)N[C@@H](Cc1c[nH]c2ccccc12)C(=O)N[C@@H](CCCN=C(N)N)C(=O)N1CCC[C@H]1C(=O)N[C@@H](CCCN=C(N)N)C(=O)N[C@@H](CC(N)=O)C(N)=O. The minimum atomic E-state index is -1.62. The van der Waals surface area contributed by atoms with Crippen molar-refractivity contribution in [2.75, 3.05) is 19.6 Å². The fourth-order valence-electron chi connectivity index (χ4n) is 9.08. The molecular weight excluding hydrogens is 985 g/mol. The smallest absolute Gasteiger partial charge is 0.246 e. The number of nitrogens with zero attached hydrogens (tertiary/aromatic N) is 3. The zero-order valence-electron chi connectivity index (χ0n) is 41.6. The number of aromatic nitrogens is 2. The second-order valence-electron chi connectivity index (χ2n) is 18.6. The molecule has 75 heavy (non-hydrogen) atoms. The molecule has 6 atom stereocenters. The number of nitrogens with one attached hydrogen (secondary N) is 7. The summed E-state index contributed by atoms with van der Waals surface area (Å²) >= 11 is 1.40. The van der Waals surface area contributed by atoms with Crippen LogP contribution in [0.25, 0.3) is 21.8 Å². The van der Waals surface area contributed by atoms with Gasteiger partial charge in [0.15, 0.2) is 11.9 Å². The number of primary amides is 2. The van der Waals surface area contributed by atoms with Crippen LogP contribution in [-0.2, 0) is 57.6 Å². The molecule has 0 saturated carbocycles. The number of guanidine groups is 2. The fraction of sp³-hybridized carbons (Fsp3) is 0.400. The minimum Gasteiger partial charge on any atom is -0.370 e. The first kappa shape index (κ1) is 55.8.